The average Bonchev–Trinajstić information content (AvgIpc) is 3.96. The van der Waals surface area contributed by atoms with Crippen LogP contribution in [0.2, 0.25) is 0 Å². The van der Waals surface area contributed by atoms with E-state index in [-0.39, 0.29) is 0 Å². The highest BCUT2D eigenvalue weighted by molar-refractivity contribution is 6.23. The highest BCUT2D eigenvalue weighted by Gasteiger charge is 2.23. The molecule has 0 bridgehead atoms. The fourth-order valence-electron chi connectivity index (χ4n) is 8.53. The zero-order valence-corrected chi connectivity index (χ0v) is 27.7. The zero-order valence-electron chi connectivity index (χ0n) is 27.7. The molecule has 4 heterocycles. The molecule has 0 N–H and O–H groups in total. The second-order valence-electron chi connectivity index (χ2n) is 13.5. The van der Waals surface area contributed by atoms with Gasteiger partial charge in [-0.05, 0) is 72.1 Å². The third kappa shape index (κ3) is 3.69. The Bertz CT molecular complexity index is 3380. The fraction of sp³-hybridized carbons (Fsp3) is 0. The van der Waals surface area contributed by atoms with Crippen molar-refractivity contribution in [1.82, 2.24) is 14.1 Å². The molecular weight excluding hydrogens is 639 g/mol. The summed E-state index contributed by atoms with van der Waals surface area (Å²) in [4.78, 5) is 4.93. The third-order valence-electron chi connectivity index (χ3n) is 10.7. The van der Waals surface area contributed by atoms with E-state index in [9.17, 15) is 0 Å². The lowest BCUT2D eigenvalue weighted by atomic mass is 9.99. The van der Waals surface area contributed by atoms with E-state index in [1.54, 1.807) is 0 Å². The molecule has 0 saturated heterocycles. The maximum atomic E-state index is 6.80. The van der Waals surface area contributed by atoms with Crippen LogP contribution in [-0.2, 0) is 0 Å². The van der Waals surface area contributed by atoms with Crippen molar-refractivity contribution in [3.63, 3.8) is 0 Å². The van der Waals surface area contributed by atoms with Crippen LogP contribution < -0.4 is 0 Å². The van der Waals surface area contributed by atoms with Crippen LogP contribution in [0.15, 0.2) is 173 Å². The summed E-state index contributed by atoms with van der Waals surface area (Å²) in [5.41, 5.74) is 11.0. The van der Waals surface area contributed by atoms with Crippen LogP contribution in [0.5, 0.6) is 0 Å². The van der Waals surface area contributed by atoms with E-state index < -0.39 is 0 Å². The molecule has 4 aromatic heterocycles. The molecule has 0 aliphatic carbocycles. The standard InChI is InChI=1S/C47H27N3O2/c1-2-13-28(14-3-1)49-38-20-9-6-16-30(38)33-25-34-31-17-7-10-21-39(31)50(42(34)27-41(33)49)40-22-12-24-44-45(40)36-26-35(29-15-4-5-18-32(29)46(36)51-44)47-48-37-19-8-11-23-43(37)52-47/h1-27H. The molecule has 0 aliphatic rings. The van der Waals surface area contributed by atoms with Gasteiger partial charge in [-0.1, -0.05) is 97.1 Å². The quantitative estimate of drug-likeness (QED) is 0.189. The summed E-state index contributed by atoms with van der Waals surface area (Å²) in [5.74, 6) is 0.596. The molecule has 5 heteroatoms. The first-order valence-electron chi connectivity index (χ1n) is 17.6. The van der Waals surface area contributed by atoms with Gasteiger partial charge in [0.2, 0.25) is 5.89 Å². The number of benzene rings is 8. The molecule has 8 aromatic carbocycles. The predicted molar refractivity (Wildman–Crippen MR) is 213 cm³/mol. The summed E-state index contributed by atoms with van der Waals surface area (Å²) < 4.78 is 18.0. The monoisotopic (exact) mass is 665 g/mol. The molecule has 0 aliphatic heterocycles. The van der Waals surface area contributed by atoms with Gasteiger partial charge in [-0.25, -0.2) is 4.98 Å². The Hall–Kier alpha value is -7.11. The van der Waals surface area contributed by atoms with Crippen molar-refractivity contribution in [2.45, 2.75) is 0 Å². The molecule has 0 atom stereocenters. The number of rotatable bonds is 3. The highest BCUT2D eigenvalue weighted by atomic mass is 16.3. The number of furan rings is 1. The van der Waals surface area contributed by atoms with Gasteiger partial charge in [0.15, 0.2) is 5.58 Å². The van der Waals surface area contributed by atoms with E-state index in [1.807, 2.05) is 24.3 Å². The van der Waals surface area contributed by atoms with Crippen LogP contribution in [0, 0.1) is 0 Å². The predicted octanol–water partition coefficient (Wildman–Crippen LogP) is 12.7. The minimum Gasteiger partial charge on any atom is -0.455 e. The fourth-order valence-corrected chi connectivity index (χ4v) is 8.53. The van der Waals surface area contributed by atoms with Crippen LogP contribution in [0.1, 0.15) is 0 Å². The molecule has 12 rings (SSSR count). The Balaban J connectivity index is 1.22. The Kier molecular flexibility index (Phi) is 5.44. The van der Waals surface area contributed by atoms with Gasteiger partial charge in [-0.3, -0.25) is 0 Å². The van der Waals surface area contributed by atoms with Gasteiger partial charge in [-0.15, -0.1) is 0 Å². The Morgan fingerprint density at radius 3 is 1.83 bits per heavy atom. The Morgan fingerprint density at radius 1 is 0.404 bits per heavy atom. The van der Waals surface area contributed by atoms with E-state index in [4.69, 9.17) is 13.8 Å². The second kappa shape index (κ2) is 10.2. The van der Waals surface area contributed by atoms with Crippen molar-refractivity contribution < 1.29 is 8.83 Å². The second-order valence-corrected chi connectivity index (χ2v) is 13.5. The van der Waals surface area contributed by atoms with Crippen LogP contribution in [0.4, 0.5) is 0 Å². The lowest BCUT2D eigenvalue weighted by Gasteiger charge is -2.11. The SMILES string of the molecule is c1ccc(-n2c3ccccc3c3cc4c5ccccc5n(-c5cccc6oc7c8ccccc8c(-c8nc9ccccc9o8)cc7c56)c4cc32)cc1. The first-order chi connectivity index (χ1) is 25.8. The molecule has 0 fully saturated rings. The molecule has 0 unspecified atom stereocenters. The van der Waals surface area contributed by atoms with Crippen LogP contribution in [0.25, 0.3) is 110 Å². The number of fused-ring (bicyclic) bond motifs is 12. The molecule has 0 radical (unpaired) electrons. The molecular formula is C47H27N3O2. The first kappa shape index (κ1) is 27.7. The van der Waals surface area contributed by atoms with Crippen molar-refractivity contribution in [2.75, 3.05) is 0 Å². The van der Waals surface area contributed by atoms with Gasteiger partial charge in [0.1, 0.15) is 16.7 Å². The summed E-state index contributed by atoms with van der Waals surface area (Å²) >= 11 is 0. The molecule has 52 heavy (non-hydrogen) atoms. The van der Waals surface area contributed by atoms with Gasteiger partial charge in [-0.2, -0.15) is 0 Å². The summed E-state index contributed by atoms with van der Waals surface area (Å²) in [5, 5.41) is 9.02. The number of hydrogen-bond acceptors (Lipinski definition) is 3. The van der Waals surface area contributed by atoms with Crippen molar-refractivity contribution >= 4 is 87.4 Å². The van der Waals surface area contributed by atoms with E-state index in [2.05, 4.69) is 149 Å². The van der Waals surface area contributed by atoms with E-state index in [0.717, 1.165) is 77.3 Å². The van der Waals surface area contributed by atoms with Crippen molar-refractivity contribution in [3.8, 4) is 22.8 Å². The van der Waals surface area contributed by atoms with Crippen LogP contribution >= 0.6 is 0 Å². The largest absolute Gasteiger partial charge is 0.455 e. The molecule has 242 valence electrons. The van der Waals surface area contributed by atoms with Crippen LogP contribution in [-0.4, -0.2) is 14.1 Å². The number of nitrogens with zero attached hydrogens (tertiary/aromatic N) is 3. The molecule has 12 aromatic rings. The van der Waals surface area contributed by atoms with Crippen molar-refractivity contribution in [1.29, 1.82) is 0 Å². The number of aromatic nitrogens is 3. The highest BCUT2D eigenvalue weighted by Crippen LogP contribution is 2.45. The molecule has 0 saturated carbocycles. The van der Waals surface area contributed by atoms with Gasteiger partial charge in [0, 0.05) is 43.6 Å². The van der Waals surface area contributed by atoms with Gasteiger partial charge >= 0.3 is 0 Å². The topological polar surface area (TPSA) is 49.0 Å². The molecule has 5 nitrogen and oxygen atoms in total. The first-order valence-corrected chi connectivity index (χ1v) is 17.6. The van der Waals surface area contributed by atoms with Crippen molar-refractivity contribution in [2.24, 2.45) is 0 Å². The normalized spacial score (nSPS) is 12.2. The van der Waals surface area contributed by atoms with Crippen molar-refractivity contribution in [3.05, 3.63) is 164 Å². The molecule has 0 spiro atoms. The third-order valence-corrected chi connectivity index (χ3v) is 10.7. The van der Waals surface area contributed by atoms with Gasteiger partial charge in [0.05, 0.1) is 33.1 Å². The number of para-hydroxylation sites is 5. The summed E-state index contributed by atoms with van der Waals surface area (Å²) in [7, 11) is 0. The maximum absolute atomic E-state index is 6.80. The zero-order chi connectivity index (χ0) is 33.9. The van der Waals surface area contributed by atoms with Crippen LogP contribution in [0.3, 0.4) is 0 Å². The summed E-state index contributed by atoms with van der Waals surface area (Å²) in [6.07, 6.45) is 0. The minimum absolute atomic E-state index is 0.596. The summed E-state index contributed by atoms with van der Waals surface area (Å²) in [6.45, 7) is 0. The Labute approximate surface area is 296 Å². The Morgan fingerprint density at radius 2 is 1.04 bits per heavy atom. The number of oxazole rings is 1. The smallest absolute Gasteiger partial charge is 0.227 e. The van der Waals surface area contributed by atoms with E-state index in [0.29, 0.717) is 5.89 Å². The van der Waals surface area contributed by atoms with Gasteiger partial charge in [0.25, 0.3) is 0 Å². The average molecular weight is 666 g/mol. The lowest BCUT2D eigenvalue weighted by Crippen LogP contribution is -1.96. The maximum Gasteiger partial charge on any atom is 0.227 e. The van der Waals surface area contributed by atoms with Gasteiger partial charge < -0.3 is 18.0 Å². The lowest BCUT2D eigenvalue weighted by molar-refractivity contribution is 0.620. The summed E-state index contributed by atoms with van der Waals surface area (Å²) in [6, 6.07) is 57.8. The number of hydrogen-bond donors (Lipinski definition) is 0. The minimum atomic E-state index is 0.596. The van der Waals surface area contributed by atoms with E-state index >= 15 is 0 Å². The van der Waals surface area contributed by atoms with E-state index in [1.165, 1.54) is 27.1 Å². The molecule has 0 amide bonds.